The average molecular weight is 327 g/mol. The van der Waals surface area contributed by atoms with E-state index in [-0.39, 0.29) is 5.91 Å². The number of nitrogens with one attached hydrogen (secondary N) is 1. The van der Waals surface area contributed by atoms with Crippen molar-refractivity contribution in [2.45, 2.75) is 25.5 Å². The van der Waals surface area contributed by atoms with Crippen molar-refractivity contribution in [1.29, 1.82) is 0 Å². The SMILES string of the molecule is Cc1ccc(NC(=O)CCSc2nc3nc(C)ccc3o2)cc1. The molecule has 0 saturated heterocycles. The minimum atomic E-state index is -0.0218. The molecule has 0 aliphatic rings. The molecule has 5 nitrogen and oxygen atoms in total. The molecule has 23 heavy (non-hydrogen) atoms. The summed E-state index contributed by atoms with van der Waals surface area (Å²) in [6.07, 6.45) is 0.393. The second-order valence-electron chi connectivity index (χ2n) is 5.27. The maximum absolute atomic E-state index is 11.9. The topological polar surface area (TPSA) is 68.0 Å². The number of carbonyl (C=O) groups excluding carboxylic acids is 1. The Labute approximate surface area is 138 Å². The third-order valence-electron chi connectivity index (χ3n) is 3.26. The van der Waals surface area contributed by atoms with Crippen LogP contribution in [0.5, 0.6) is 0 Å². The van der Waals surface area contributed by atoms with Gasteiger partial charge < -0.3 is 9.73 Å². The molecule has 0 spiro atoms. The van der Waals surface area contributed by atoms with E-state index in [1.54, 1.807) is 0 Å². The van der Waals surface area contributed by atoms with E-state index < -0.39 is 0 Å². The summed E-state index contributed by atoms with van der Waals surface area (Å²) in [6, 6.07) is 11.5. The normalized spacial score (nSPS) is 10.9. The molecule has 0 radical (unpaired) electrons. The molecule has 1 N–H and O–H groups in total. The number of thioether (sulfide) groups is 1. The Hall–Kier alpha value is -2.34. The zero-order valence-corrected chi connectivity index (χ0v) is 13.8. The Balaban J connectivity index is 1.51. The molecule has 2 heterocycles. The second-order valence-corrected chi connectivity index (χ2v) is 6.31. The number of anilines is 1. The van der Waals surface area contributed by atoms with Crippen LogP contribution in [0.3, 0.4) is 0 Å². The van der Waals surface area contributed by atoms with Crippen LogP contribution in [-0.4, -0.2) is 21.6 Å². The minimum Gasteiger partial charge on any atom is -0.430 e. The number of hydrogen-bond acceptors (Lipinski definition) is 5. The van der Waals surface area contributed by atoms with Crippen molar-refractivity contribution in [3.63, 3.8) is 0 Å². The van der Waals surface area contributed by atoms with E-state index in [0.717, 1.165) is 11.4 Å². The summed E-state index contributed by atoms with van der Waals surface area (Å²) in [5.41, 5.74) is 4.16. The number of aryl methyl sites for hydroxylation is 2. The lowest BCUT2D eigenvalue weighted by molar-refractivity contribution is -0.115. The number of oxazole rings is 1. The lowest BCUT2D eigenvalue weighted by Crippen LogP contribution is -2.12. The molecule has 3 aromatic rings. The fourth-order valence-corrected chi connectivity index (χ4v) is 2.81. The molecule has 3 rings (SSSR count). The summed E-state index contributed by atoms with van der Waals surface area (Å²) in [5.74, 6) is 0.579. The Kier molecular flexibility index (Phi) is 4.62. The van der Waals surface area contributed by atoms with Crippen molar-refractivity contribution in [1.82, 2.24) is 9.97 Å². The first-order valence-electron chi connectivity index (χ1n) is 7.34. The molecule has 0 saturated carbocycles. The monoisotopic (exact) mass is 327 g/mol. The molecule has 2 aromatic heterocycles. The molecule has 118 valence electrons. The molecule has 0 unspecified atom stereocenters. The number of amides is 1. The maximum atomic E-state index is 11.9. The van der Waals surface area contributed by atoms with Gasteiger partial charge in [0.2, 0.25) is 5.91 Å². The quantitative estimate of drug-likeness (QED) is 0.718. The van der Waals surface area contributed by atoms with E-state index in [9.17, 15) is 4.79 Å². The van der Waals surface area contributed by atoms with E-state index in [1.165, 1.54) is 17.3 Å². The van der Waals surface area contributed by atoms with Crippen LogP contribution in [0.1, 0.15) is 17.7 Å². The van der Waals surface area contributed by atoms with Crippen LogP contribution in [0.2, 0.25) is 0 Å². The highest BCUT2D eigenvalue weighted by atomic mass is 32.2. The van der Waals surface area contributed by atoms with Crippen LogP contribution in [0.25, 0.3) is 11.2 Å². The molecule has 0 atom stereocenters. The third-order valence-corrected chi connectivity index (χ3v) is 4.09. The van der Waals surface area contributed by atoms with Crippen molar-refractivity contribution < 1.29 is 9.21 Å². The van der Waals surface area contributed by atoms with Crippen LogP contribution < -0.4 is 5.32 Å². The smallest absolute Gasteiger partial charge is 0.258 e. The largest absolute Gasteiger partial charge is 0.430 e. The lowest BCUT2D eigenvalue weighted by atomic mass is 10.2. The zero-order valence-electron chi connectivity index (χ0n) is 13.0. The first-order valence-corrected chi connectivity index (χ1v) is 8.32. The predicted octanol–water partition coefficient (Wildman–Crippen LogP) is 3.96. The molecule has 6 heteroatoms. The van der Waals surface area contributed by atoms with Gasteiger partial charge in [0.25, 0.3) is 5.22 Å². The van der Waals surface area contributed by atoms with Gasteiger partial charge in [0.1, 0.15) is 0 Å². The number of fused-ring (bicyclic) bond motifs is 1. The highest BCUT2D eigenvalue weighted by Gasteiger charge is 2.09. The third kappa shape index (κ3) is 4.10. The first-order chi connectivity index (χ1) is 11.1. The van der Waals surface area contributed by atoms with Gasteiger partial charge in [-0.3, -0.25) is 4.79 Å². The molecule has 0 fully saturated rings. The minimum absolute atomic E-state index is 0.0218. The van der Waals surface area contributed by atoms with Crippen molar-refractivity contribution in [2.75, 3.05) is 11.1 Å². The number of rotatable bonds is 5. The second kappa shape index (κ2) is 6.83. The van der Waals surface area contributed by atoms with Gasteiger partial charge in [-0.05, 0) is 38.1 Å². The van der Waals surface area contributed by atoms with Gasteiger partial charge in [0, 0.05) is 23.6 Å². The molecular formula is C17H17N3O2S. The Morgan fingerprint density at radius 3 is 2.70 bits per heavy atom. The van der Waals surface area contributed by atoms with E-state index in [0.29, 0.717) is 28.6 Å². The van der Waals surface area contributed by atoms with Crippen molar-refractivity contribution in [3.05, 3.63) is 47.7 Å². The van der Waals surface area contributed by atoms with Gasteiger partial charge in [0.05, 0.1) is 0 Å². The Morgan fingerprint density at radius 1 is 1.13 bits per heavy atom. The van der Waals surface area contributed by atoms with Crippen molar-refractivity contribution >= 4 is 34.6 Å². The van der Waals surface area contributed by atoms with Crippen LogP contribution >= 0.6 is 11.8 Å². The summed E-state index contributed by atoms with van der Waals surface area (Å²) in [5, 5.41) is 3.42. The number of benzene rings is 1. The predicted molar refractivity (Wildman–Crippen MR) is 91.7 cm³/mol. The number of carbonyl (C=O) groups is 1. The van der Waals surface area contributed by atoms with Gasteiger partial charge in [-0.15, -0.1) is 0 Å². The van der Waals surface area contributed by atoms with Crippen LogP contribution in [0.4, 0.5) is 5.69 Å². The van der Waals surface area contributed by atoms with Crippen LogP contribution in [0.15, 0.2) is 46.0 Å². The average Bonchev–Trinajstić information content (AvgIpc) is 2.91. The van der Waals surface area contributed by atoms with E-state index >= 15 is 0 Å². The molecule has 1 amide bonds. The van der Waals surface area contributed by atoms with E-state index in [4.69, 9.17) is 4.42 Å². The summed E-state index contributed by atoms with van der Waals surface area (Å²) >= 11 is 1.41. The molecule has 0 aliphatic carbocycles. The van der Waals surface area contributed by atoms with Crippen LogP contribution in [0, 0.1) is 13.8 Å². The molecule has 1 aromatic carbocycles. The Bertz CT molecular complexity index is 827. The number of nitrogens with zero attached hydrogens (tertiary/aromatic N) is 2. The van der Waals surface area contributed by atoms with Gasteiger partial charge in [0.15, 0.2) is 11.2 Å². The summed E-state index contributed by atoms with van der Waals surface area (Å²) in [6.45, 7) is 3.93. The molecular weight excluding hydrogens is 310 g/mol. The number of hydrogen-bond donors (Lipinski definition) is 1. The van der Waals surface area contributed by atoms with Gasteiger partial charge in [-0.25, -0.2) is 4.98 Å². The molecule has 0 bridgehead atoms. The summed E-state index contributed by atoms with van der Waals surface area (Å²) in [4.78, 5) is 20.5. The first kappa shape index (κ1) is 15.6. The highest BCUT2D eigenvalue weighted by molar-refractivity contribution is 7.99. The van der Waals surface area contributed by atoms with Crippen LogP contribution in [-0.2, 0) is 4.79 Å². The summed E-state index contributed by atoms with van der Waals surface area (Å²) in [7, 11) is 0. The van der Waals surface area contributed by atoms with Gasteiger partial charge >= 0.3 is 0 Å². The maximum Gasteiger partial charge on any atom is 0.258 e. The number of aromatic nitrogens is 2. The fourth-order valence-electron chi connectivity index (χ4n) is 2.05. The van der Waals surface area contributed by atoms with Crippen molar-refractivity contribution in [2.24, 2.45) is 0 Å². The van der Waals surface area contributed by atoms with E-state index in [1.807, 2.05) is 50.2 Å². The fraction of sp³-hybridized carbons (Fsp3) is 0.235. The summed E-state index contributed by atoms with van der Waals surface area (Å²) < 4.78 is 5.59. The van der Waals surface area contributed by atoms with Gasteiger partial charge in [-0.1, -0.05) is 29.5 Å². The van der Waals surface area contributed by atoms with Crippen molar-refractivity contribution in [3.8, 4) is 0 Å². The zero-order chi connectivity index (χ0) is 16.2. The van der Waals surface area contributed by atoms with E-state index in [2.05, 4.69) is 15.3 Å². The molecule has 0 aliphatic heterocycles. The standard InChI is InChI=1S/C17H17N3O2S/c1-11-3-6-13(7-4-11)19-15(21)9-10-23-17-20-16-14(22-17)8-5-12(2)18-16/h3-8H,9-10H2,1-2H3,(H,19,21). The number of pyridine rings is 1. The highest BCUT2D eigenvalue weighted by Crippen LogP contribution is 2.23. The Morgan fingerprint density at radius 2 is 1.91 bits per heavy atom. The lowest BCUT2D eigenvalue weighted by Gasteiger charge is -2.04. The van der Waals surface area contributed by atoms with Gasteiger partial charge in [-0.2, -0.15) is 4.98 Å².